The van der Waals surface area contributed by atoms with Gasteiger partial charge in [0.25, 0.3) is 0 Å². The van der Waals surface area contributed by atoms with Crippen molar-refractivity contribution in [2.75, 3.05) is 5.33 Å². The van der Waals surface area contributed by atoms with E-state index in [-0.39, 0.29) is 16.4 Å². The topological polar surface area (TPSA) is 46.2 Å². The number of hydrogen-bond donors (Lipinski definition) is 1. The molecule has 1 N–H and O–H groups in total. The van der Waals surface area contributed by atoms with E-state index in [0.717, 1.165) is 12.1 Å². The molecule has 0 spiro atoms. The number of hydrogen-bond acceptors (Lipinski definition) is 2. The molecule has 1 aromatic carbocycles. The minimum Gasteiger partial charge on any atom is -0.208 e. The van der Waals surface area contributed by atoms with Crippen LogP contribution in [0.1, 0.15) is 27.2 Å². The van der Waals surface area contributed by atoms with Crippen LogP contribution in [-0.2, 0) is 10.0 Å². The maximum atomic E-state index is 13.2. The number of alkyl halides is 1. The zero-order valence-electron chi connectivity index (χ0n) is 11.6. The summed E-state index contributed by atoms with van der Waals surface area (Å²) in [5.74, 6) is -2.25. The molecule has 1 unspecified atom stereocenters. The van der Waals surface area contributed by atoms with Gasteiger partial charge in [-0.25, -0.2) is 21.9 Å². The van der Waals surface area contributed by atoms with Crippen molar-refractivity contribution >= 4 is 26.0 Å². The van der Waals surface area contributed by atoms with Crippen molar-refractivity contribution in [1.82, 2.24) is 4.72 Å². The largest absolute Gasteiger partial charge is 0.240 e. The molecule has 0 heterocycles. The van der Waals surface area contributed by atoms with Crippen molar-refractivity contribution in [1.29, 1.82) is 0 Å². The first-order chi connectivity index (χ1) is 9.08. The van der Waals surface area contributed by atoms with Gasteiger partial charge in [0.2, 0.25) is 10.0 Å². The molecule has 0 aromatic heterocycles. The van der Waals surface area contributed by atoms with Gasteiger partial charge in [-0.1, -0.05) is 36.7 Å². The lowest BCUT2D eigenvalue weighted by molar-refractivity contribution is 0.293. The minimum absolute atomic E-state index is 0.278. The summed E-state index contributed by atoms with van der Waals surface area (Å²) in [6.45, 7) is 5.73. The SMILES string of the molecule is CC(C)(C)C(CCBr)NS(=O)(=O)c1ccc(F)c(F)c1. The molecule has 7 heteroatoms. The highest BCUT2D eigenvalue weighted by Crippen LogP contribution is 2.25. The zero-order valence-corrected chi connectivity index (χ0v) is 14.0. The summed E-state index contributed by atoms with van der Waals surface area (Å²) in [5, 5.41) is 0.634. The number of nitrogens with one attached hydrogen (secondary N) is 1. The molecule has 20 heavy (non-hydrogen) atoms. The summed E-state index contributed by atoms with van der Waals surface area (Å²) in [6, 6.07) is 2.22. The highest BCUT2D eigenvalue weighted by Gasteiger charge is 2.29. The number of halogens is 3. The summed E-state index contributed by atoms with van der Waals surface area (Å²) in [4.78, 5) is -0.278. The molecular weight excluding hydrogens is 352 g/mol. The Bertz CT molecular complexity index is 570. The van der Waals surface area contributed by atoms with E-state index >= 15 is 0 Å². The lowest BCUT2D eigenvalue weighted by Crippen LogP contribution is -2.43. The molecule has 0 aliphatic heterocycles. The van der Waals surface area contributed by atoms with Crippen LogP contribution < -0.4 is 4.72 Å². The van der Waals surface area contributed by atoms with Gasteiger partial charge in [-0.05, 0) is 30.0 Å². The Balaban J connectivity index is 3.06. The molecule has 114 valence electrons. The summed E-state index contributed by atoms with van der Waals surface area (Å²) < 4.78 is 53.0. The number of rotatable bonds is 5. The Kier molecular flexibility index (Phi) is 5.69. The molecule has 0 bridgehead atoms. The van der Waals surface area contributed by atoms with Gasteiger partial charge in [0.1, 0.15) is 0 Å². The minimum atomic E-state index is -3.88. The second-order valence-electron chi connectivity index (χ2n) is 5.59. The van der Waals surface area contributed by atoms with E-state index in [4.69, 9.17) is 0 Å². The third-order valence-corrected chi connectivity index (χ3v) is 4.87. The van der Waals surface area contributed by atoms with Gasteiger partial charge in [0, 0.05) is 11.4 Å². The highest BCUT2D eigenvalue weighted by atomic mass is 79.9. The van der Waals surface area contributed by atoms with Crippen molar-refractivity contribution in [3.05, 3.63) is 29.8 Å². The predicted molar refractivity (Wildman–Crippen MR) is 78.3 cm³/mol. The smallest absolute Gasteiger partial charge is 0.208 e. The molecule has 1 atom stereocenters. The summed E-state index contributed by atoms with van der Waals surface area (Å²) in [5.41, 5.74) is -0.292. The van der Waals surface area contributed by atoms with Crippen molar-refractivity contribution in [3.63, 3.8) is 0 Å². The maximum absolute atomic E-state index is 13.2. The van der Waals surface area contributed by atoms with Crippen LogP contribution in [-0.4, -0.2) is 19.8 Å². The van der Waals surface area contributed by atoms with Gasteiger partial charge in [0.15, 0.2) is 11.6 Å². The molecule has 0 aliphatic carbocycles. The molecule has 1 aromatic rings. The third kappa shape index (κ3) is 4.49. The molecule has 0 aliphatic rings. The standard InChI is InChI=1S/C13H18BrF2NO2S/c1-13(2,3)12(6-7-14)17-20(18,19)9-4-5-10(15)11(16)8-9/h4-5,8,12,17H,6-7H2,1-3H3. The van der Waals surface area contributed by atoms with E-state index < -0.39 is 21.7 Å². The van der Waals surface area contributed by atoms with Crippen LogP contribution >= 0.6 is 15.9 Å². The van der Waals surface area contributed by atoms with Gasteiger partial charge < -0.3 is 0 Å². The molecule has 0 radical (unpaired) electrons. The molecule has 0 saturated heterocycles. The molecule has 0 fully saturated rings. The monoisotopic (exact) mass is 369 g/mol. The Morgan fingerprint density at radius 3 is 2.30 bits per heavy atom. The second-order valence-corrected chi connectivity index (χ2v) is 8.10. The number of sulfonamides is 1. The molecule has 0 amide bonds. The zero-order chi connectivity index (χ0) is 15.6. The second kappa shape index (κ2) is 6.49. The fourth-order valence-corrected chi connectivity index (χ4v) is 3.62. The molecular formula is C13H18BrF2NO2S. The normalized spacial score (nSPS) is 14.3. The predicted octanol–water partition coefficient (Wildman–Crippen LogP) is 3.44. The van der Waals surface area contributed by atoms with E-state index in [1.165, 1.54) is 0 Å². The van der Waals surface area contributed by atoms with Crippen LogP contribution in [0.4, 0.5) is 8.78 Å². The van der Waals surface area contributed by atoms with Crippen LogP contribution in [0.25, 0.3) is 0 Å². The van der Waals surface area contributed by atoms with E-state index in [1.54, 1.807) is 0 Å². The van der Waals surface area contributed by atoms with Gasteiger partial charge in [-0.3, -0.25) is 0 Å². The van der Waals surface area contributed by atoms with Crippen molar-refractivity contribution in [2.24, 2.45) is 5.41 Å². The van der Waals surface area contributed by atoms with Crippen LogP contribution in [0.2, 0.25) is 0 Å². The lowest BCUT2D eigenvalue weighted by atomic mass is 9.86. The average Bonchev–Trinajstić information content (AvgIpc) is 2.30. The van der Waals surface area contributed by atoms with Crippen molar-refractivity contribution in [3.8, 4) is 0 Å². The summed E-state index contributed by atoms with van der Waals surface area (Å²) in [6.07, 6.45) is 0.590. The molecule has 3 nitrogen and oxygen atoms in total. The Morgan fingerprint density at radius 2 is 1.85 bits per heavy atom. The quantitative estimate of drug-likeness (QED) is 0.808. The van der Waals surface area contributed by atoms with E-state index in [2.05, 4.69) is 20.7 Å². The third-order valence-electron chi connectivity index (χ3n) is 2.94. The summed E-state index contributed by atoms with van der Waals surface area (Å²) in [7, 11) is -3.88. The van der Waals surface area contributed by atoms with Gasteiger partial charge in [-0.15, -0.1) is 0 Å². The lowest BCUT2D eigenvalue weighted by Gasteiger charge is -2.30. The first-order valence-corrected chi connectivity index (χ1v) is 8.72. The van der Waals surface area contributed by atoms with Crippen LogP contribution in [0, 0.1) is 17.0 Å². The Labute approximate surface area is 126 Å². The average molecular weight is 370 g/mol. The van der Waals surface area contributed by atoms with Crippen molar-refractivity contribution < 1.29 is 17.2 Å². The van der Waals surface area contributed by atoms with E-state index in [0.29, 0.717) is 17.8 Å². The fraction of sp³-hybridized carbons (Fsp3) is 0.538. The number of benzene rings is 1. The van der Waals surface area contributed by atoms with Gasteiger partial charge >= 0.3 is 0 Å². The maximum Gasteiger partial charge on any atom is 0.240 e. The Morgan fingerprint density at radius 1 is 1.25 bits per heavy atom. The van der Waals surface area contributed by atoms with E-state index in [9.17, 15) is 17.2 Å². The van der Waals surface area contributed by atoms with Gasteiger partial charge in [0.05, 0.1) is 4.90 Å². The summed E-state index contributed by atoms with van der Waals surface area (Å²) >= 11 is 3.28. The van der Waals surface area contributed by atoms with Crippen LogP contribution in [0.15, 0.2) is 23.1 Å². The Hall–Kier alpha value is -0.530. The molecule has 1 rings (SSSR count). The first-order valence-electron chi connectivity index (χ1n) is 6.11. The first kappa shape index (κ1) is 17.5. The van der Waals surface area contributed by atoms with Gasteiger partial charge in [-0.2, -0.15) is 0 Å². The fourth-order valence-electron chi connectivity index (χ4n) is 1.68. The molecule has 0 saturated carbocycles. The van der Waals surface area contributed by atoms with Crippen LogP contribution in [0.3, 0.4) is 0 Å². The van der Waals surface area contributed by atoms with E-state index in [1.807, 2.05) is 20.8 Å². The highest BCUT2D eigenvalue weighted by molar-refractivity contribution is 9.09. The van der Waals surface area contributed by atoms with Crippen LogP contribution in [0.5, 0.6) is 0 Å². The van der Waals surface area contributed by atoms with Crippen molar-refractivity contribution in [2.45, 2.75) is 38.1 Å².